The molecular formula is C6H11F2NO. The second kappa shape index (κ2) is 6.19. The Labute approximate surface area is 59.1 Å². The molecule has 0 aromatic heterocycles. The first-order valence-electron chi connectivity index (χ1n) is 2.55. The number of halogens is 2. The summed E-state index contributed by atoms with van der Waals surface area (Å²) in [5.74, 6) is 0.0926. The van der Waals surface area contributed by atoms with Gasteiger partial charge in [-0.1, -0.05) is 0 Å². The molecular weight excluding hydrogens is 140 g/mol. The highest BCUT2D eigenvalue weighted by atomic mass is 19.3. The zero-order valence-corrected chi connectivity index (χ0v) is 6.32. The van der Waals surface area contributed by atoms with Crippen LogP contribution in [0.15, 0.2) is 12.7 Å². The van der Waals surface area contributed by atoms with Crippen molar-refractivity contribution < 1.29 is 13.6 Å². The van der Waals surface area contributed by atoms with Gasteiger partial charge in [0.05, 0.1) is 0 Å². The lowest BCUT2D eigenvalue weighted by atomic mass is 10.7. The van der Waals surface area contributed by atoms with Crippen LogP contribution in [-0.4, -0.2) is 24.9 Å². The molecule has 0 bridgehead atoms. The molecule has 0 fully saturated rings. The van der Waals surface area contributed by atoms with E-state index >= 15 is 0 Å². The number of carbonyl (C=O) groups excluding carboxylic acids is 1. The van der Waals surface area contributed by atoms with Gasteiger partial charge in [-0.3, -0.25) is 4.79 Å². The highest BCUT2D eigenvalue weighted by Crippen LogP contribution is 1.85. The van der Waals surface area contributed by atoms with E-state index in [0.717, 1.165) is 0 Å². The average molecular weight is 151 g/mol. The molecule has 0 heterocycles. The molecule has 0 saturated carbocycles. The first-order chi connectivity index (χ1) is 4.37. The molecule has 0 aromatic rings. The number of amides is 1. The first kappa shape index (κ1) is 11.8. The Morgan fingerprint density at radius 2 is 1.50 bits per heavy atom. The molecule has 2 nitrogen and oxygen atoms in total. The fraction of sp³-hybridized carbons (Fsp3) is 0.500. The molecule has 0 N–H and O–H groups in total. The lowest BCUT2D eigenvalue weighted by Crippen LogP contribution is -2.17. The summed E-state index contributed by atoms with van der Waals surface area (Å²) < 4.78 is 20.3. The van der Waals surface area contributed by atoms with E-state index in [2.05, 4.69) is 6.58 Å². The van der Waals surface area contributed by atoms with Crippen LogP contribution in [0.5, 0.6) is 0 Å². The van der Waals surface area contributed by atoms with Crippen LogP contribution < -0.4 is 0 Å². The Balaban J connectivity index is 0. The Bertz CT molecular complexity index is 119. The summed E-state index contributed by atoms with van der Waals surface area (Å²) in [6.45, 7) is 3.75. The molecule has 0 aliphatic carbocycles. The number of hydrogen-bond acceptors (Lipinski definition) is 1. The molecule has 0 unspecified atom stereocenters. The van der Waals surface area contributed by atoms with Gasteiger partial charge in [-0.2, -0.15) is 8.78 Å². The van der Waals surface area contributed by atoms with Crippen LogP contribution in [0.25, 0.3) is 0 Å². The van der Waals surface area contributed by atoms with Crippen molar-refractivity contribution in [3.8, 4) is 0 Å². The van der Waals surface area contributed by atoms with Crippen molar-refractivity contribution in [1.82, 2.24) is 4.90 Å². The SMILES string of the molecule is C=C(F)F.CC(=O)N(C)C. The molecule has 0 aliphatic heterocycles. The normalized spacial score (nSPS) is 7.30. The lowest BCUT2D eigenvalue weighted by Gasteiger charge is -2.02. The molecule has 0 radical (unpaired) electrons. The van der Waals surface area contributed by atoms with Crippen LogP contribution in [0.3, 0.4) is 0 Å². The third-order valence-electron chi connectivity index (χ3n) is 0.630. The van der Waals surface area contributed by atoms with Crippen molar-refractivity contribution in [2.45, 2.75) is 6.92 Å². The maximum atomic E-state index is 10.1. The topological polar surface area (TPSA) is 20.3 Å². The molecule has 0 aliphatic rings. The van der Waals surface area contributed by atoms with Gasteiger partial charge in [0.15, 0.2) is 0 Å². The van der Waals surface area contributed by atoms with E-state index in [9.17, 15) is 13.6 Å². The minimum Gasteiger partial charge on any atom is -0.349 e. The Hall–Kier alpha value is -0.930. The van der Waals surface area contributed by atoms with E-state index in [0.29, 0.717) is 0 Å². The molecule has 0 aromatic carbocycles. The molecule has 60 valence electrons. The fourth-order valence-electron chi connectivity index (χ4n) is 0. The Morgan fingerprint density at radius 3 is 1.50 bits per heavy atom. The van der Waals surface area contributed by atoms with Gasteiger partial charge >= 0.3 is 0 Å². The summed E-state index contributed by atoms with van der Waals surface area (Å²) in [6, 6.07) is 0. The van der Waals surface area contributed by atoms with Crippen LogP contribution in [0, 0.1) is 0 Å². The van der Waals surface area contributed by atoms with Crippen molar-refractivity contribution in [3.05, 3.63) is 12.7 Å². The van der Waals surface area contributed by atoms with Gasteiger partial charge in [0.25, 0.3) is 6.08 Å². The van der Waals surface area contributed by atoms with Gasteiger partial charge in [0.2, 0.25) is 5.91 Å². The van der Waals surface area contributed by atoms with Crippen molar-refractivity contribution in [3.63, 3.8) is 0 Å². The number of nitrogens with zero attached hydrogens (tertiary/aromatic N) is 1. The molecule has 0 spiro atoms. The van der Waals surface area contributed by atoms with Gasteiger partial charge in [0.1, 0.15) is 0 Å². The minimum absolute atomic E-state index is 0.0926. The molecule has 0 saturated heterocycles. The van der Waals surface area contributed by atoms with Gasteiger partial charge in [-0.25, -0.2) is 0 Å². The molecule has 4 heteroatoms. The molecule has 0 rings (SSSR count). The van der Waals surface area contributed by atoms with E-state index in [1.165, 1.54) is 11.8 Å². The summed E-state index contributed by atoms with van der Waals surface area (Å²) in [5, 5.41) is 0. The fourth-order valence-corrected chi connectivity index (χ4v) is 0. The van der Waals surface area contributed by atoms with Crippen molar-refractivity contribution in [2.75, 3.05) is 14.1 Å². The highest BCUT2D eigenvalue weighted by molar-refractivity contribution is 5.72. The second-order valence-corrected chi connectivity index (χ2v) is 1.75. The van der Waals surface area contributed by atoms with Gasteiger partial charge in [0, 0.05) is 21.0 Å². The maximum Gasteiger partial charge on any atom is 0.263 e. The van der Waals surface area contributed by atoms with Crippen LogP contribution in [-0.2, 0) is 4.79 Å². The van der Waals surface area contributed by atoms with Crippen LogP contribution in [0.4, 0.5) is 8.78 Å². The van der Waals surface area contributed by atoms with Crippen LogP contribution >= 0.6 is 0 Å². The zero-order chi connectivity index (χ0) is 8.73. The van der Waals surface area contributed by atoms with E-state index in [1.807, 2.05) is 0 Å². The third-order valence-corrected chi connectivity index (χ3v) is 0.630. The smallest absolute Gasteiger partial charge is 0.263 e. The molecule has 0 atom stereocenters. The highest BCUT2D eigenvalue weighted by Gasteiger charge is 1.87. The zero-order valence-electron chi connectivity index (χ0n) is 6.32. The Morgan fingerprint density at radius 1 is 1.40 bits per heavy atom. The number of carbonyl (C=O) groups is 1. The van der Waals surface area contributed by atoms with E-state index in [-0.39, 0.29) is 5.91 Å². The Kier molecular flexibility index (Phi) is 7.32. The molecule has 1 amide bonds. The van der Waals surface area contributed by atoms with Crippen molar-refractivity contribution in [1.29, 1.82) is 0 Å². The van der Waals surface area contributed by atoms with E-state index in [4.69, 9.17) is 0 Å². The van der Waals surface area contributed by atoms with Crippen LogP contribution in [0.2, 0.25) is 0 Å². The molecule has 10 heavy (non-hydrogen) atoms. The quantitative estimate of drug-likeness (QED) is 0.513. The number of rotatable bonds is 0. The summed E-state index contributed by atoms with van der Waals surface area (Å²) in [6.07, 6.45) is -1.83. The van der Waals surface area contributed by atoms with Crippen molar-refractivity contribution >= 4 is 5.91 Å². The average Bonchev–Trinajstić information content (AvgIpc) is 1.63. The maximum absolute atomic E-state index is 10.1. The lowest BCUT2D eigenvalue weighted by molar-refractivity contribution is -0.126. The van der Waals surface area contributed by atoms with E-state index < -0.39 is 6.08 Å². The van der Waals surface area contributed by atoms with Gasteiger partial charge in [-0.15, -0.1) is 0 Å². The predicted molar refractivity (Wildman–Crippen MR) is 35.7 cm³/mol. The number of hydrogen-bond donors (Lipinski definition) is 0. The largest absolute Gasteiger partial charge is 0.349 e. The summed E-state index contributed by atoms with van der Waals surface area (Å²) >= 11 is 0. The monoisotopic (exact) mass is 151 g/mol. The van der Waals surface area contributed by atoms with Crippen molar-refractivity contribution in [2.24, 2.45) is 0 Å². The van der Waals surface area contributed by atoms with Crippen LogP contribution in [0.1, 0.15) is 6.92 Å². The summed E-state index contributed by atoms with van der Waals surface area (Å²) in [5.41, 5.74) is 0. The summed E-state index contributed by atoms with van der Waals surface area (Å²) in [4.78, 5) is 11.6. The predicted octanol–water partition coefficient (Wildman–Crippen LogP) is 1.49. The first-order valence-corrected chi connectivity index (χ1v) is 2.55. The minimum atomic E-state index is -1.83. The standard InChI is InChI=1S/C4H9NO.C2H2F2/c1-4(6)5(2)3;1-2(3)4/h1-3H3;1H2. The van der Waals surface area contributed by atoms with Gasteiger partial charge in [-0.05, 0) is 6.58 Å². The summed E-state index contributed by atoms with van der Waals surface area (Å²) in [7, 11) is 3.45. The second-order valence-electron chi connectivity index (χ2n) is 1.75. The third kappa shape index (κ3) is 27.6. The van der Waals surface area contributed by atoms with E-state index in [1.54, 1.807) is 14.1 Å². The van der Waals surface area contributed by atoms with Gasteiger partial charge < -0.3 is 4.90 Å².